The summed E-state index contributed by atoms with van der Waals surface area (Å²) in [6.45, 7) is 14.3. The molecule has 1 unspecified atom stereocenters. The van der Waals surface area contributed by atoms with Crippen LogP contribution >= 0.6 is 0 Å². The molecule has 0 heteroatoms. The summed E-state index contributed by atoms with van der Waals surface area (Å²) in [7, 11) is 0. The second kappa shape index (κ2) is 6.71. The maximum Gasteiger partial charge on any atom is -0.0191 e. The van der Waals surface area contributed by atoms with E-state index in [0.29, 0.717) is 5.92 Å². The van der Waals surface area contributed by atoms with Crippen LogP contribution in [0.5, 0.6) is 0 Å². The third-order valence-corrected chi connectivity index (χ3v) is 2.29. The fraction of sp³-hybridized carbons (Fsp3) is 0.538. The van der Waals surface area contributed by atoms with Crippen LogP contribution in [0.25, 0.3) is 0 Å². The van der Waals surface area contributed by atoms with Crippen molar-refractivity contribution in [3.63, 3.8) is 0 Å². The van der Waals surface area contributed by atoms with E-state index in [-0.39, 0.29) is 0 Å². The van der Waals surface area contributed by atoms with Gasteiger partial charge in [-0.2, -0.15) is 0 Å². The van der Waals surface area contributed by atoms with Crippen molar-refractivity contribution in [2.24, 2.45) is 11.8 Å². The predicted molar refractivity (Wildman–Crippen MR) is 61.7 cm³/mol. The summed E-state index contributed by atoms with van der Waals surface area (Å²) in [5, 5.41) is 0. The molecule has 0 aromatic carbocycles. The monoisotopic (exact) mass is 178 g/mol. The molecule has 0 aliphatic heterocycles. The molecule has 0 bridgehead atoms. The Labute approximate surface area is 83.0 Å². The SMILES string of the molecule is C=C/C=C(\C=C)C(C)CCC(C)C. The van der Waals surface area contributed by atoms with Crippen LogP contribution in [0.4, 0.5) is 0 Å². The van der Waals surface area contributed by atoms with E-state index in [2.05, 4.69) is 40.0 Å². The van der Waals surface area contributed by atoms with E-state index in [9.17, 15) is 0 Å². The lowest BCUT2D eigenvalue weighted by Crippen LogP contribution is -1.99. The van der Waals surface area contributed by atoms with Crippen molar-refractivity contribution in [2.75, 3.05) is 0 Å². The van der Waals surface area contributed by atoms with E-state index < -0.39 is 0 Å². The molecule has 0 rings (SSSR count). The largest absolute Gasteiger partial charge is 0.0991 e. The number of rotatable bonds is 6. The Bertz CT molecular complexity index is 184. The summed E-state index contributed by atoms with van der Waals surface area (Å²) < 4.78 is 0. The zero-order valence-corrected chi connectivity index (χ0v) is 9.22. The molecule has 0 amide bonds. The van der Waals surface area contributed by atoms with Crippen LogP contribution in [0, 0.1) is 11.8 Å². The van der Waals surface area contributed by atoms with Gasteiger partial charge in [-0.25, -0.2) is 0 Å². The Morgan fingerprint density at radius 2 is 1.77 bits per heavy atom. The van der Waals surface area contributed by atoms with E-state index in [0.717, 1.165) is 5.92 Å². The minimum absolute atomic E-state index is 0.609. The lowest BCUT2D eigenvalue weighted by molar-refractivity contribution is 0.494. The Hall–Kier alpha value is -0.780. The Morgan fingerprint density at radius 3 is 2.15 bits per heavy atom. The van der Waals surface area contributed by atoms with Crippen molar-refractivity contribution in [2.45, 2.75) is 33.6 Å². The maximum absolute atomic E-state index is 3.81. The molecule has 0 fully saturated rings. The summed E-state index contributed by atoms with van der Waals surface area (Å²) in [6, 6.07) is 0. The zero-order valence-electron chi connectivity index (χ0n) is 9.22. The molecule has 1 atom stereocenters. The molecule has 0 radical (unpaired) electrons. The highest BCUT2D eigenvalue weighted by Crippen LogP contribution is 2.20. The molecule has 74 valence electrons. The van der Waals surface area contributed by atoms with Gasteiger partial charge in [-0.05, 0) is 23.8 Å². The van der Waals surface area contributed by atoms with Crippen LogP contribution in [0.1, 0.15) is 33.6 Å². The Morgan fingerprint density at radius 1 is 1.15 bits per heavy atom. The highest BCUT2D eigenvalue weighted by molar-refractivity contribution is 5.23. The Balaban J connectivity index is 4.06. The van der Waals surface area contributed by atoms with Crippen molar-refractivity contribution >= 4 is 0 Å². The first kappa shape index (κ1) is 12.2. The third-order valence-electron chi connectivity index (χ3n) is 2.29. The smallest absolute Gasteiger partial charge is 0.0191 e. The normalized spacial score (nSPS) is 14.3. The van der Waals surface area contributed by atoms with Crippen molar-refractivity contribution in [1.82, 2.24) is 0 Å². The average molecular weight is 178 g/mol. The summed E-state index contributed by atoms with van der Waals surface area (Å²) in [4.78, 5) is 0. The van der Waals surface area contributed by atoms with Gasteiger partial charge in [0.05, 0.1) is 0 Å². The van der Waals surface area contributed by atoms with Gasteiger partial charge < -0.3 is 0 Å². The second-order valence-electron chi connectivity index (χ2n) is 3.98. The quantitative estimate of drug-likeness (QED) is 0.530. The van der Waals surface area contributed by atoms with E-state index >= 15 is 0 Å². The van der Waals surface area contributed by atoms with Crippen LogP contribution < -0.4 is 0 Å². The van der Waals surface area contributed by atoms with Crippen LogP contribution in [0.3, 0.4) is 0 Å². The highest BCUT2D eigenvalue weighted by atomic mass is 14.1. The van der Waals surface area contributed by atoms with Crippen LogP contribution in [-0.2, 0) is 0 Å². The van der Waals surface area contributed by atoms with Crippen molar-refractivity contribution in [1.29, 1.82) is 0 Å². The molecule has 0 saturated carbocycles. The van der Waals surface area contributed by atoms with Gasteiger partial charge in [-0.3, -0.25) is 0 Å². The number of hydrogen-bond acceptors (Lipinski definition) is 0. The summed E-state index contributed by atoms with van der Waals surface area (Å²) >= 11 is 0. The molecule has 0 saturated heterocycles. The minimum Gasteiger partial charge on any atom is -0.0991 e. The lowest BCUT2D eigenvalue weighted by atomic mass is 9.92. The second-order valence-corrected chi connectivity index (χ2v) is 3.98. The predicted octanol–water partition coefficient (Wildman–Crippen LogP) is 4.36. The summed E-state index contributed by atoms with van der Waals surface area (Å²) in [5.41, 5.74) is 1.30. The van der Waals surface area contributed by atoms with Gasteiger partial charge in [0.1, 0.15) is 0 Å². The van der Waals surface area contributed by atoms with Crippen LogP contribution in [0.2, 0.25) is 0 Å². The first-order chi connectivity index (χ1) is 6.11. The molecule has 0 aromatic heterocycles. The molecule has 0 aromatic rings. The number of hydrogen-bond donors (Lipinski definition) is 0. The maximum atomic E-state index is 3.81. The molecular formula is C13H22. The molecule has 0 aliphatic carbocycles. The molecule has 0 spiro atoms. The van der Waals surface area contributed by atoms with Gasteiger partial charge >= 0.3 is 0 Å². The zero-order chi connectivity index (χ0) is 10.3. The van der Waals surface area contributed by atoms with Gasteiger partial charge in [0.25, 0.3) is 0 Å². The topological polar surface area (TPSA) is 0 Å². The van der Waals surface area contributed by atoms with Gasteiger partial charge in [0.15, 0.2) is 0 Å². The van der Waals surface area contributed by atoms with Gasteiger partial charge in [0.2, 0.25) is 0 Å². The summed E-state index contributed by atoms with van der Waals surface area (Å²) in [6.07, 6.45) is 8.35. The van der Waals surface area contributed by atoms with Crippen molar-refractivity contribution < 1.29 is 0 Å². The third kappa shape index (κ3) is 5.46. The minimum atomic E-state index is 0.609. The number of allylic oxidation sites excluding steroid dienone is 4. The van der Waals surface area contributed by atoms with Crippen LogP contribution in [0.15, 0.2) is 37.0 Å². The first-order valence-electron chi connectivity index (χ1n) is 5.06. The van der Waals surface area contributed by atoms with E-state index in [4.69, 9.17) is 0 Å². The average Bonchev–Trinajstić information content (AvgIpc) is 2.10. The van der Waals surface area contributed by atoms with Gasteiger partial charge in [0, 0.05) is 0 Å². The molecular weight excluding hydrogens is 156 g/mol. The Kier molecular flexibility index (Phi) is 6.30. The molecule has 0 N–H and O–H groups in total. The van der Waals surface area contributed by atoms with E-state index in [1.807, 2.05) is 12.2 Å². The van der Waals surface area contributed by atoms with Gasteiger partial charge in [-0.15, -0.1) is 0 Å². The van der Waals surface area contributed by atoms with E-state index in [1.54, 1.807) is 0 Å². The lowest BCUT2D eigenvalue weighted by Gasteiger charge is -2.13. The fourth-order valence-electron chi connectivity index (χ4n) is 1.32. The highest BCUT2D eigenvalue weighted by Gasteiger charge is 2.05. The molecule has 13 heavy (non-hydrogen) atoms. The van der Waals surface area contributed by atoms with Crippen molar-refractivity contribution in [3.8, 4) is 0 Å². The molecule has 0 nitrogen and oxygen atoms in total. The van der Waals surface area contributed by atoms with E-state index in [1.165, 1.54) is 18.4 Å². The standard InChI is InChI=1S/C13H22/c1-6-8-13(7-2)12(5)10-9-11(3)4/h6-8,11-12H,1-2,9-10H2,3-5H3/b13-8+. The van der Waals surface area contributed by atoms with Crippen molar-refractivity contribution in [3.05, 3.63) is 37.0 Å². The molecule has 0 aliphatic rings. The van der Waals surface area contributed by atoms with Crippen LogP contribution in [-0.4, -0.2) is 0 Å². The first-order valence-corrected chi connectivity index (χ1v) is 5.06. The molecule has 0 heterocycles. The van der Waals surface area contributed by atoms with Gasteiger partial charge in [-0.1, -0.05) is 58.6 Å². The fourth-order valence-corrected chi connectivity index (χ4v) is 1.32. The summed E-state index contributed by atoms with van der Waals surface area (Å²) in [5.74, 6) is 1.40.